The zero-order valence-corrected chi connectivity index (χ0v) is 12.4. The van der Waals surface area contributed by atoms with Gasteiger partial charge in [-0.3, -0.25) is 0 Å². The summed E-state index contributed by atoms with van der Waals surface area (Å²) in [7, 11) is 0. The largest absolute Gasteiger partial charge is 0.462 e. The zero-order valence-electron chi connectivity index (χ0n) is 11.6. The highest BCUT2D eigenvalue weighted by molar-refractivity contribution is 7.99. The van der Waals surface area contributed by atoms with Gasteiger partial charge < -0.3 is 10.5 Å². The first-order chi connectivity index (χ1) is 9.61. The first kappa shape index (κ1) is 14.5. The third kappa shape index (κ3) is 3.33. The minimum absolute atomic E-state index is 0.298. The Morgan fingerprint density at radius 3 is 2.65 bits per heavy atom. The normalized spacial score (nSPS) is 10.3. The Morgan fingerprint density at radius 1 is 1.20 bits per heavy atom. The summed E-state index contributed by atoms with van der Waals surface area (Å²) in [5, 5.41) is 0. The summed E-state index contributed by atoms with van der Waals surface area (Å²) >= 11 is 1.48. The molecule has 0 atom stereocenters. The Bertz CT molecular complexity index is 626. The average molecular weight is 287 g/mol. The summed E-state index contributed by atoms with van der Waals surface area (Å²) in [6.07, 6.45) is 0. The van der Waals surface area contributed by atoms with E-state index in [1.54, 1.807) is 6.92 Å². The number of aryl methyl sites for hydroxylation is 1. The van der Waals surface area contributed by atoms with E-state index < -0.39 is 0 Å². The molecule has 0 fully saturated rings. The first-order valence-corrected chi connectivity index (χ1v) is 7.23. The molecule has 0 aliphatic carbocycles. The molecule has 2 N–H and O–H groups in total. The molecule has 20 heavy (non-hydrogen) atoms. The number of anilines is 1. The lowest BCUT2D eigenvalue weighted by atomic mass is 10.1. The monoisotopic (exact) mass is 287 g/mol. The minimum atomic E-state index is -0.298. The minimum Gasteiger partial charge on any atom is -0.462 e. The molecule has 0 spiro atoms. The highest BCUT2D eigenvalue weighted by atomic mass is 32.2. The van der Waals surface area contributed by atoms with Gasteiger partial charge in [-0.25, -0.2) is 4.79 Å². The molecule has 0 bridgehead atoms. The molecule has 0 amide bonds. The van der Waals surface area contributed by atoms with Gasteiger partial charge >= 0.3 is 5.97 Å². The molecule has 2 aromatic carbocycles. The maximum atomic E-state index is 12.0. The molecule has 2 aromatic rings. The molecule has 0 saturated heterocycles. The summed E-state index contributed by atoms with van der Waals surface area (Å²) in [6, 6.07) is 13.4. The standard InChI is InChI=1S/C16H17NO2S/c1-3-19-16(18)12-10-11(2)8-9-14(12)20-15-7-5-4-6-13(15)17/h4-10H,3,17H2,1-2H3. The summed E-state index contributed by atoms with van der Waals surface area (Å²) in [5.41, 5.74) is 8.26. The zero-order chi connectivity index (χ0) is 14.5. The quantitative estimate of drug-likeness (QED) is 0.684. The SMILES string of the molecule is CCOC(=O)c1cc(C)ccc1Sc1ccccc1N. The number of ether oxygens (including phenoxy) is 1. The van der Waals surface area contributed by atoms with Gasteiger partial charge in [0.2, 0.25) is 0 Å². The molecule has 0 heterocycles. The fourth-order valence-electron chi connectivity index (χ4n) is 1.79. The Balaban J connectivity index is 2.36. The highest BCUT2D eigenvalue weighted by Gasteiger charge is 2.14. The van der Waals surface area contributed by atoms with Gasteiger partial charge in [-0.2, -0.15) is 0 Å². The number of nitrogen functional groups attached to an aromatic ring is 1. The van der Waals surface area contributed by atoms with Gasteiger partial charge in [-0.1, -0.05) is 35.5 Å². The van der Waals surface area contributed by atoms with Crippen molar-refractivity contribution in [3.05, 3.63) is 53.6 Å². The average Bonchev–Trinajstić information content (AvgIpc) is 2.43. The van der Waals surface area contributed by atoms with Crippen molar-refractivity contribution in [3.63, 3.8) is 0 Å². The van der Waals surface area contributed by atoms with E-state index in [-0.39, 0.29) is 5.97 Å². The second-order valence-corrected chi connectivity index (χ2v) is 5.44. The van der Waals surface area contributed by atoms with Crippen LogP contribution in [0.15, 0.2) is 52.3 Å². The Morgan fingerprint density at radius 2 is 1.95 bits per heavy atom. The van der Waals surface area contributed by atoms with Crippen LogP contribution in [0.2, 0.25) is 0 Å². The molecule has 104 valence electrons. The predicted molar refractivity (Wildman–Crippen MR) is 82.1 cm³/mol. The van der Waals surface area contributed by atoms with Crippen LogP contribution in [-0.2, 0) is 4.74 Å². The number of carbonyl (C=O) groups is 1. The number of para-hydroxylation sites is 1. The maximum absolute atomic E-state index is 12.0. The molecule has 4 heteroatoms. The smallest absolute Gasteiger partial charge is 0.339 e. The molecule has 3 nitrogen and oxygen atoms in total. The Labute approximate surface area is 123 Å². The molecular weight excluding hydrogens is 270 g/mol. The van der Waals surface area contributed by atoms with Gasteiger partial charge in [-0.15, -0.1) is 0 Å². The lowest BCUT2D eigenvalue weighted by molar-refractivity contribution is 0.0522. The number of hydrogen-bond acceptors (Lipinski definition) is 4. The summed E-state index contributed by atoms with van der Waals surface area (Å²) in [4.78, 5) is 13.8. The van der Waals surface area contributed by atoms with E-state index in [2.05, 4.69) is 0 Å². The number of nitrogens with two attached hydrogens (primary N) is 1. The molecule has 2 rings (SSSR count). The van der Waals surface area contributed by atoms with Crippen LogP contribution in [0, 0.1) is 6.92 Å². The lowest BCUT2D eigenvalue weighted by Crippen LogP contribution is -2.06. The van der Waals surface area contributed by atoms with Crippen LogP contribution in [0.25, 0.3) is 0 Å². The summed E-state index contributed by atoms with van der Waals surface area (Å²) in [5.74, 6) is -0.298. The van der Waals surface area contributed by atoms with Crippen molar-refractivity contribution in [3.8, 4) is 0 Å². The second kappa shape index (κ2) is 6.48. The van der Waals surface area contributed by atoms with Crippen molar-refractivity contribution < 1.29 is 9.53 Å². The second-order valence-electron chi connectivity index (χ2n) is 4.36. The van der Waals surface area contributed by atoms with Crippen LogP contribution in [0.1, 0.15) is 22.8 Å². The number of esters is 1. The van der Waals surface area contributed by atoms with Gasteiger partial charge in [0.1, 0.15) is 0 Å². The van der Waals surface area contributed by atoms with Crippen molar-refractivity contribution >= 4 is 23.4 Å². The van der Waals surface area contributed by atoms with Crippen LogP contribution < -0.4 is 5.73 Å². The van der Waals surface area contributed by atoms with Crippen molar-refractivity contribution in [1.29, 1.82) is 0 Å². The van der Waals surface area contributed by atoms with Gasteiger partial charge in [-0.05, 0) is 38.1 Å². The Kier molecular flexibility index (Phi) is 4.69. The van der Waals surface area contributed by atoms with E-state index in [0.29, 0.717) is 17.9 Å². The van der Waals surface area contributed by atoms with Crippen LogP contribution in [-0.4, -0.2) is 12.6 Å². The third-order valence-corrected chi connectivity index (χ3v) is 3.94. The number of carbonyl (C=O) groups excluding carboxylic acids is 1. The third-order valence-electron chi connectivity index (χ3n) is 2.77. The van der Waals surface area contributed by atoms with Gasteiger partial charge in [0.15, 0.2) is 0 Å². The van der Waals surface area contributed by atoms with E-state index in [1.807, 2.05) is 49.4 Å². The molecule has 0 saturated carbocycles. The summed E-state index contributed by atoms with van der Waals surface area (Å²) in [6.45, 7) is 4.12. The van der Waals surface area contributed by atoms with Gasteiger partial charge in [0, 0.05) is 15.5 Å². The van der Waals surface area contributed by atoms with E-state index in [0.717, 1.165) is 15.4 Å². The van der Waals surface area contributed by atoms with E-state index in [4.69, 9.17) is 10.5 Å². The molecule has 0 aliphatic heterocycles. The van der Waals surface area contributed by atoms with Gasteiger partial charge in [0.05, 0.1) is 12.2 Å². The van der Waals surface area contributed by atoms with E-state index in [9.17, 15) is 4.79 Å². The number of rotatable bonds is 4. The van der Waals surface area contributed by atoms with E-state index >= 15 is 0 Å². The predicted octanol–water partition coefficient (Wildman–Crippen LogP) is 3.91. The van der Waals surface area contributed by atoms with Crippen molar-refractivity contribution in [2.24, 2.45) is 0 Å². The van der Waals surface area contributed by atoms with Crippen LogP contribution in [0.3, 0.4) is 0 Å². The first-order valence-electron chi connectivity index (χ1n) is 6.42. The molecule has 0 aliphatic rings. The van der Waals surface area contributed by atoms with Crippen LogP contribution in [0.4, 0.5) is 5.69 Å². The van der Waals surface area contributed by atoms with Crippen molar-refractivity contribution in [2.45, 2.75) is 23.6 Å². The summed E-state index contributed by atoms with van der Waals surface area (Å²) < 4.78 is 5.11. The lowest BCUT2D eigenvalue weighted by Gasteiger charge is -2.10. The van der Waals surface area contributed by atoms with Gasteiger partial charge in [0.25, 0.3) is 0 Å². The molecule has 0 unspecified atom stereocenters. The van der Waals surface area contributed by atoms with Crippen LogP contribution >= 0.6 is 11.8 Å². The molecule has 0 radical (unpaired) electrons. The number of hydrogen-bond donors (Lipinski definition) is 1. The van der Waals surface area contributed by atoms with Crippen LogP contribution in [0.5, 0.6) is 0 Å². The Hall–Kier alpha value is -1.94. The molecular formula is C16H17NO2S. The fraction of sp³-hybridized carbons (Fsp3) is 0.188. The number of benzene rings is 2. The highest BCUT2D eigenvalue weighted by Crippen LogP contribution is 2.34. The fourth-order valence-corrected chi connectivity index (χ4v) is 2.75. The maximum Gasteiger partial charge on any atom is 0.339 e. The van der Waals surface area contributed by atoms with E-state index in [1.165, 1.54) is 11.8 Å². The van der Waals surface area contributed by atoms with Crippen molar-refractivity contribution in [1.82, 2.24) is 0 Å². The van der Waals surface area contributed by atoms with Crippen molar-refractivity contribution in [2.75, 3.05) is 12.3 Å². The topological polar surface area (TPSA) is 52.3 Å². The molecule has 0 aromatic heterocycles.